The zero-order chi connectivity index (χ0) is 16.9. The highest BCUT2D eigenvalue weighted by Gasteiger charge is 2.07. The van der Waals surface area contributed by atoms with Crippen molar-refractivity contribution in [1.82, 2.24) is 0 Å². The SMILES string of the molecule is NC(CCl)=Nc1ccc(N=Nc2ccc(S(=O)(=O)O)cc2)cc1. The fourth-order valence-electron chi connectivity index (χ4n) is 1.59. The second-order valence-electron chi connectivity index (χ2n) is 4.42. The van der Waals surface area contributed by atoms with Crippen molar-refractivity contribution in [3.05, 3.63) is 48.5 Å². The molecule has 7 nitrogen and oxygen atoms in total. The third-order valence-electron chi connectivity index (χ3n) is 2.67. The number of nitrogens with zero attached hydrogens (tertiary/aromatic N) is 3. The molecule has 2 aromatic carbocycles. The van der Waals surface area contributed by atoms with Gasteiger partial charge >= 0.3 is 0 Å². The number of rotatable bonds is 5. The quantitative estimate of drug-likeness (QED) is 0.281. The summed E-state index contributed by atoms with van der Waals surface area (Å²) in [4.78, 5) is 3.88. The second-order valence-corrected chi connectivity index (χ2v) is 6.11. The Balaban J connectivity index is 2.11. The van der Waals surface area contributed by atoms with Crippen molar-refractivity contribution in [3.63, 3.8) is 0 Å². The first-order valence-corrected chi connectivity index (χ1v) is 8.34. The lowest BCUT2D eigenvalue weighted by Crippen LogP contribution is -2.12. The van der Waals surface area contributed by atoms with Gasteiger partial charge in [-0.25, -0.2) is 4.99 Å². The van der Waals surface area contributed by atoms with Crippen LogP contribution in [0.2, 0.25) is 0 Å². The summed E-state index contributed by atoms with van der Waals surface area (Å²) in [5, 5.41) is 7.99. The van der Waals surface area contributed by atoms with Gasteiger partial charge in [0, 0.05) is 0 Å². The van der Waals surface area contributed by atoms with Crippen molar-refractivity contribution in [1.29, 1.82) is 0 Å². The van der Waals surface area contributed by atoms with Gasteiger partial charge < -0.3 is 5.73 Å². The van der Waals surface area contributed by atoms with E-state index in [0.29, 0.717) is 22.9 Å². The maximum Gasteiger partial charge on any atom is 0.294 e. The fraction of sp³-hybridized carbons (Fsp3) is 0.0714. The summed E-state index contributed by atoms with van der Waals surface area (Å²) in [7, 11) is -4.21. The normalized spacial score (nSPS) is 12.7. The first-order valence-electron chi connectivity index (χ1n) is 6.37. The molecule has 0 aliphatic carbocycles. The van der Waals surface area contributed by atoms with Gasteiger partial charge in [-0.1, -0.05) is 0 Å². The van der Waals surface area contributed by atoms with E-state index >= 15 is 0 Å². The molecular weight excluding hydrogens is 340 g/mol. The molecule has 0 aliphatic rings. The summed E-state index contributed by atoms with van der Waals surface area (Å²) < 4.78 is 30.7. The molecule has 23 heavy (non-hydrogen) atoms. The average molecular weight is 353 g/mol. The summed E-state index contributed by atoms with van der Waals surface area (Å²) in [5.41, 5.74) is 7.23. The number of benzene rings is 2. The number of halogens is 1. The van der Waals surface area contributed by atoms with Crippen LogP contribution in [0.25, 0.3) is 0 Å². The van der Waals surface area contributed by atoms with Gasteiger partial charge in [0.15, 0.2) is 0 Å². The Morgan fingerprint density at radius 3 is 1.83 bits per heavy atom. The molecule has 0 fully saturated rings. The largest absolute Gasteiger partial charge is 0.386 e. The van der Waals surface area contributed by atoms with Crippen LogP contribution in [0.15, 0.2) is 68.6 Å². The lowest BCUT2D eigenvalue weighted by atomic mass is 10.3. The van der Waals surface area contributed by atoms with Crippen LogP contribution < -0.4 is 5.73 Å². The Labute approximate surface area is 138 Å². The van der Waals surface area contributed by atoms with Crippen LogP contribution in [0.1, 0.15) is 0 Å². The molecule has 0 aliphatic heterocycles. The number of hydrogen-bond donors (Lipinski definition) is 2. The fourth-order valence-corrected chi connectivity index (χ4v) is 2.13. The predicted molar refractivity (Wildman–Crippen MR) is 88.9 cm³/mol. The van der Waals surface area contributed by atoms with Gasteiger partial charge in [-0.05, 0) is 48.5 Å². The maximum atomic E-state index is 10.9. The third kappa shape index (κ3) is 5.13. The predicted octanol–water partition coefficient (Wildman–Crippen LogP) is 3.58. The van der Waals surface area contributed by atoms with E-state index in [-0.39, 0.29) is 10.8 Å². The minimum Gasteiger partial charge on any atom is -0.386 e. The zero-order valence-electron chi connectivity index (χ0n) is 11.8. The molecule has 0 amide bonds. The van der Waals surface area contributed by atoms with Gasteiger partial charge in [0.05, 0.1) is 27.8 Å². The van der Waals surface area contributed by atoms with Crippen LogP contribution in [-0.2, 0) is 10.1 Å². The van der Waals surface area contributed by atoms with Crippen molar-refractivity contribution in [2.24, 2.45) is 21.0 Å². The minimum absolute atomic E-state index is 0.154. The molecule has 2 aromatic rings. The number of alkyl halides is 1. The third-order valence-corrected chi connectivity index (χ3v) is 3.82. The highest BCUT2D eigenvalue weighted by atomic mass is 35.5. The number of azo groups is 1. The van der Waals surface area contributed by atoms with Crippen LogP contribution in [0.3, 0.4) is 0 Å². The number of aliphatic imine (C=N–C) groups is 1. The summed E-state index contributed by atoms with van der Waals surface area (Å²) in [6.07, 6.45) is 0. The summed E-state index contributed by atoms with van der Waals surface area (Å²) in [6.45, 7) is 0. The molecule has 0 aromatic heterocycles. The zero-order valence-corrected chi connectivity index (χ0v) is 13.4. The molecule has 0 spiro atoms. The van der Waals surface area contributed by atoms with Crippen LogP contribution in [-0.4, -0.2) is 24.7 Å². The number of hydrogen-bond acceptors (Lipinski definition) is 5. The van der Waals surface area contributed by atoms with E-state index in [1.807, 2.05) is 0 Å². The van der Waals surface area contributed by atoms with E-state index in [0.717, 1.165) is 0 Å². The average Bonchev–Trinajstić information content (AvgIpc) is 2.53. The molecule has 2 rings (SSSR count). The molecule has 9 heteroatoms. The van der Waals surface area contributed by atoms with E-state index in [1.165, 1.54) is 24.3 Å². The van der Waals surface area contributed by atoms with Crippen molar-refractivity contribution >= 4 is 44.6 Å². The first-order chi connectivity index (χ1) is 10.9. The molecule has 0 radical (unpaired) electrons. The highest BCUT2D eigenvalue weighted by Crippen LogP contribution is 2.22. The van der Waals surface area contributed by atoms with E-state index in [1.54, 1.807) is 24.3 Å². The van der Waals surface area contributed by atoms with Crippen molar-refractivity contribution in [3.8, 4) is 0 Å². The molecule has 0 unspecified atom stereocenters. The Kier molecular flexibility index (Phi) is 5.43. The molecule has 120 valence electrons. The van der Waals surface area contributed by atoms with Gasteiger partial charge in [0.1, 0.15) is 5.84 Å². The van der Waals surface area contributed by atoms with Crippen LogP contribution in [0.4, 0.5) is 17.1 Å². The monoisotopic (exact) mass is 352 g/mol. The van der Waals surface area contributed by atoms with Crippen LogP contribution in [0, 0.1) is 0 Å². The Bertz CT molecular complexity index is 831. The topological polar surface area (TPSA) is 117 Å². The highest BCUT2D eigenvalue weighted by molar-refractivity contribution is 7.85. The first kappa shape index (κ1) is 17.1. The summed E-state index contributed by atoms with van der Waals surface area (Å²) >= 11 is 5.55. The molecule has 0 saturated carbocycles. The molecule has 0 atom stereocenters. The Morgan fingerprint density at radius 2 is 1.39 bits per heavy atom. The number of amidine groups is 1. The van der Waals surface area contributed by atoms with Gasteiger partial charge in [-0.3, -0.25) is 4.55 Å². The van der Waals surface area contributed by atoms with E-state index in [2.05, 4.69) is 15.2 Å². The van der Waals surface area contributed by atoms with Crippen LogP contribution in [0.5, 0.6) is 0 Å². The Hall–Kier alpha value is -2.29. The molecule has 0 heterocycles. The molecule has 0 saturated heterocycles. The standard InChI is InChI=1S/C14H13ClN4O3S/c15-9-14(16)17-10-1-3-11(4-2-10)18-19-12-5-7-13(8-6-12)23(20,21)22/h1-8H,9H2,(H2,16,17)(H,20,21,22). The lowest BCUT2D eigenvalue weighted by Gasteiger charge is -1.98. The van der Waals surface area contributed by atoms with Gasteiger partial charge in [-0.2, -0.15) is 18.6 Å². The second kappa shape index (κ2) is 7.32. The Morgan fingerprint density at radius 1 is 0.957 bits per heavy atom. The molecule has 3 N–H and O–H groups in total. The lowest BCUT2D eigenvalue weighted by molar-refractivity contribution is 0.483. The van der Waals surface area contributed by atoms with Crippen LogP contribution >= 0.6 is 11.6 Å². The van der Waals surface area contributed by atoms with Crippen molar-refractivity contribution in [2.45, 2.75) is 4.90 Å². The smallest absolute Gasteiger partial charge is 0.294 e. The van der Waals surface area contributed by atoms with Gasteiger partial charge in [-0.15, -0.1) is 11.6 Å². The van der Waals surface area contributed by atoms with E-state index in [4.69, 9.17) is 21.9 Å². The van der Waals surface area contributed by atoms with Crippen molar-refractivity contribution in [2.75, 3.05) is 5.88 Å². The van der Waals surface area contributed by atoms with Gasteiger partial charge in [0.2, 0.25) is 0 Å². The maximum absolute atomic E-state index is 10.9. The summed E-state index contributed by atoms with van der Waals surface area (Å²) in [6, 6.07) is 12.2. The molecule has 0 bridgehead atoms. The van der Waals surface area contributed by atoms with E-state index in [9.17, 15) is 8.42 Å². The minimum atomic E-state index is -4.21. The number of nitrogens with two attached hydrogens (primary N) is 1. The van der Waals surface area contributed by atoms with Crippen molar-refractivity contribution < 1.29 is 13.0 Å². The van der Waals surface area contributed by atoms with Gasteiger partial charge in [0.25, 0.3) is 10.1 Å². The van der Waals surface area contributed by atoms with E-state index < -0.39 is 10.1 Å². The molecular formula is C14H13ClN4O3S. The summed E-state index contributed by atoms with van der Waals surface area (Å²) in [5.74, 6) is 0.473.